The van der Waals surface area contributed by atoms with Crippen molar-refractivity contribution in [2.45, 2.75) is 76.0 Å². The van der Waals surface area contributed by atoms with Crippen LogP contribution in [0.5, 0.6) is 0 Å². The van der Waals surface area contributed by atoms with Gasteiger partial charge in [-0.2, -0.15) is 0 Å². The van der Waals surface area contributed by atoms with Crippen LogP contribution in [0.4, 0.5) is 0 Å². The van der Waals surface area contributed by atoms with Gasteiger partial charge in [-0.25, -0.2) is 4.79 Å². The van der Waals surface area contributed by atoms with Crippen LogP contribution in [0.15, 0.2) is 146 Å². The normalized spacial score (nSPS) is 24.2. The highest BCUT2D eigenvalue weighted by Crippen LogP contribution is 2.23. The third kappa shape index (κ3) is 21.2. The van der Waals surface area contributed by atoms with Gasteiger partial charge in [0.2, 0.25) is 5.91 Å². The number of aliphatic carboxylic acids is 1. The summed E-state index contributed by atoms with van der Waals surface area (Å²) in [7, 11) is 0. The van der Waals surface area contributed by atoms with Gasteiger partial charge in [-0.05, 0) is 39.7 Å². The van der Waals surface area contributed by atoms with Crippen LogP contribution < -0.4 is 11.1 Å². The molecule has 0 aliphatic carbocycles. The molecule has 7 atom stereocenters. The predicted octanol–water partition coefficient (Wildman–Crippen LogP) is 4.59. The molecular weight excluding hydrogens is 624 g/mol. The highest BCUT2D eigenvalue weighted by molar-refractivity contribution is 5.91. The molecule has 1 aliphatic rings. The average molecular weight is 677 g/mol. The predicted molar refractivity (Wildman–Crippen MR) is 195 cm³/mol. The molecule has 10 heteroatoms. The summed E-state index contributed by atoms with van der Waals surface area (Å²) in [6.07, 6.45) is 40.1. The zero-order chi connectivity index (χ0) is 36.1. The molecule has 0 aromatic rings. The molecular formula is C39H52N2O8. The maximum atomic E-state index is 11.8. The van der Waals surface area contributed by atoms with E-state index in [1.165, 1.54) is 6.08 Å². The Morgan fingerprint density at radius 1 is 0.714 bits per heavy atom. The van der Waals surface area contributed by atoms with Crippen molar-refractivity contribution in [1.29, 1.82) is 0 Å². The fourth-order valence-electron chi connectivity index (χ4n) is 3.98. The Labute approximate surface area is 290 Å². The molecule has 1 saturated heterocycles. The van der Waals surface area contributed by atoms with Gasteiger partial charge in [0.1, 0.15) is 24.4 Å². The number of allylic oxidation sites excluding steroid dienone is 22. The number of rotatable bonds is 21. The van der Waals surface area contributed by atoms with Gasteiger partial charge in [0.05, 0.1) is 12.2 Å². The quantitative estimate of drug-likeness (QED) is 0.0752. The number of nitrogens with one attached hydrogen (secondary N) is 1. The van der Waals surface area contributed by atoms with E-state index in [-0.39, 0.29) is 6.10 Å². The molecule has 0 saturated carbocycles. The zero-order valence-corrected chi connectivity index (χ0v) is 28.2. The minimum absolute atomic E-state index is 0.244. The number of hydrogen-bond acceptors (Lipinski definition) is 8. The van der Waals surface area contributed by atoms with Crippen molar-refractivity contribution in [3.05, 3.63) is 146 Å². The van der Waals surface area contributed by atoms with E-state index in [1.54, 1.807) is 25.2 Å². The molecule has 10 nitrogen and oxygen atoms in total. The Hall–Kier alpha value is -4.42. The lowest BCUT2D eigenvalue weighted by molar-refractivity contribution is -0.302. The number of nitrogens with two attached hydrogens (primary N) is 1. The third-order valence-corrected chi connectivity index (χ3v) is 6.67. The van der Waals surface area contributed by atoms with Crippen molar-refractivity contribution in [2.75, 3.05) is 6.54 Å². The molecule has 0 aromatic carbocycles. The maximum absolute atomic E-state index is 11.8. The zero-order valence-electron chi connectivity index (χ0n) is 28.2. The van der Waals surface area contributed by atoms with Gasteiger partial charge >= 0.3 is 5.97 Å². The number of carboxylic acid groups (broad SMARTS) is 1. The second-order valence-electron chi connectivity index (χ2n) is 10.8. The van der Waals surface area contributed by atoms with Crippen molar-refractivity contribution in [1.82, 2.24) is 5.32 Å². The summed E-state index contributed by atoms with van der Waals surface area (Å²) in [5, 5.41) is 41.2. The largest absolute Gasteiger partial charge is 0.480 e. The molecule has 49 heavy (non-hydrogen) atoms. The lowest BCUT2D eigenvalue weighted by Gasteiger charge is -2.39. The maximum Gasteiger partial charge on any atom is 0.326 e. The first-order valence-electron chi connectivity index (χ1n) is 16.3. The fourth-order valence-corrected chi connectivity index (χ4v) is 3.98. The summed E-state index contributed by atoms with van der Waals surface area (Å²) in [5.74, 6) is -1.54. The molecule has 1 aliphatic heterocycles. The molecule has 1 amide bonds. The average Bonchev–Trinajstić information content (AvgIpc) is 3.07. The summed E-state index contributed by atoms with van der Waals surface area (Å²) in [6, 6.07) is -0.941. The van der Waals surface area contributed by atoms with E-state index >= 15 is 0 Å². The van der Waals surface area contributed by atoms with E-state index in [9.17, 15) is 24.9 Å². The summed E-state index contributed by atoms with van der Waals surface area (Å²) in [4.78, 5) is 22.9. The van der Waals surface area contributed by atoms with Crippen LogP contribution in [0, 0.1) is 0 Å². The van der Waals surface area contributed by atoms with Crippen LogP contribution >= 0.6 is 0 Å². The number of aliphatic hydroxyl groups excluding tert-OH is 3. The number of carbonyl (C=O) groups excluding carboxylic acids is 1. The van der Waals surface area contributed by atoms with Gasteiger partial charge in [-0.1, -0.05) is 140 Å². The van der Waals surface area contributed by atoms with Crippen LogP contribution in [0.3, 0.4) is 0 Å². The molecule has 1 rings (SSSR count). The summed E-state index contributed by atoms with van der Waals surface area (Å²) < 4.78 is 11.1. The van der Waals surface area contributed by atoms with Gasteiger partial charge < -0.3 is 41.0 Å². The van der Waals surface area contributed by atoms with Crippen molar-refractivity contribution >= 4 is 11.9 Å². The number of hydrogen-bond donors (Lipinski definition) is 6. The highest BCUT2D eigenvalue weighted by atomic mass is 16.7. The second-order valence-corrected chi connectivity index (χ2v) is 10.8. The fraction of sp³-hybridized carbons (Fsp3) is 0.333. The molecule has 7 N–H and O–H groups in total. The van der Waals surface area contributed by atoms with Crippen LogP contribution in [0.25, 0.3) is 0 Å². The first-order valence-corrected chi connectivity index (χ1v) is 16.3. The standard InChI is InChI=1S/C39H52N2O8/c1-31(48-39-37(45)36(44)35(43)32(2)49-39)27-24-22-20-18-16-14-12-10-8-6-4-3-5-7-9-11-13-15-17-19-21-23-25-29-34(42)41-33(38(46)47)28-26-30-40/h3-25,29,31-33,35-37,39,43-45H,26-28,30,40H2,1-2H3,(H,41,42)(H,46,47)/b4-3+,7-5+,8-6+,11-9+,12-10+,15-13+,16-14+,19-17+,20-18+,23-21+,24-22+,29-25+/t31-,32+,33+,35+,36-,37-,39-/m1/s1. The van der Waals surface area contributed by atoms with Crippen molar-refractivity contribution < 1.29 is 39.5 Å². The number of carbonyl (C=O) groups is 2. The number of aliphatic hydroxyl groups is 3. The molecule has 266 valence electrons. The Bertz CT molecular complexity index is 1320. The molecule has 0 bridgehead atoms. The lowest BCUT2D eigenvalue weighted by atomic mass is 10.00. The van der Waals surface area contributed by atoms with Crippen molar-refractivity contribution in [2.24, 2.45) is 5.73 Å². The van der Waals surface area contributed by atoms with E-state index in [1.807, 2.05) is 128 Å². The molecule has 0 aromatic heterocycles. The van der Waals surface area contributed by atoms with E-state index in [0.29, 0.717) is 25.8 Å². The first-order chi connectivity index (χ1) is 23.7. The first kappa shape index (κ1) is 42.6. The van der Waals surface area contributed by atoms with Gasteiger partial charge in [0.15, 0.2) is 6.29 Å². The van der Waals surface area contributed by atoms with Crippen molar-refractivity contribution in [3.8, 4) is 0 Å². The number of ether oxygens (including phenoxy) is 2. The molecule has 1 fully saturated rings. The van der Waals surface area contributed by atoms with Gasteiger partial charge in [-0.3, -0.25) is 4.79 Å². The Morgan fingerprint density at radius 3 is 1.57 bits per heavy atom. The van der Waals surface area contributed by atoms with E-state index in [2.05, 4.69) is 5.32 Å². The van der Waals surface area contributed by atoms with E-state index in [4.69, 9.17) is 20.3 Å². The second kappa shape index (κ2) is 27.5. The topological polar surface area (TPSA) is 172 Å². The van der Waals surface area contributed by atoms with Crippen molar-refractivity contribution in [3.63, 3.8) is 0 Å². The number of carboxylic acids is 1. The third-order valence-electron chi connectivity index (χ3n) is 6.67. The monoisotopic (exact) mass is 676 g/mol. The molecule has 0 spiro atoms. The smallest absolute Gasteiger partial charge is 0.326 e. The SMILES string of the molecule is C[C@H](C/C=C/C=C/C=C/C=C/C=C/C=C/C=C/C=C/C=C/C=C/C=C/C=C/C(=O)N[C@@H](CCCN)C(=O)O)O[C@@H]1O[C@@H](C)[C@H](O)[C@@H](O)[C@H]1O. The summed E-state index contributed by atoms with van der Waals surface area (Å²) in [6.45, 7) is 3.84. The van der Waals surface area contributed by atoms with Gasteiger partial charge in [0, 0.05) is 6.08 Å². The number of amides is 1. The van der Waals surface area contributed by atoms with Gasteiger partial charge in [0.25, 0.3) is 0 Å². The summed E-state index contributed by atoms with van der Waals surface area (Å²) >= 11 is 0. The molecule has 0 unspecified atom stereocenters. The molecule has 1 heterocycles. The van der Waals surface area contributed by atoms with Crippen LogP contribution in [-0.4, -0.2) is 81.7 Å². The lowest BCUT2D eigenvalue weighted by Crippen LogP contribution is -2.57. The minimum Gasteiger partial charge on any atom is -0.480 e. The van der Waals surface area contributed by atoms with Crippen LogP contribution in [-0.2, 0) is 19.1 Å². The minimum atomic E-state index is -1.30. The van der Waals surface area contributed by atoms with Gasteiger partial charge in [-0.15, -0.1) is 0 Å². The Balaban J connectivity index is 2.20. The Kier molecular flexibility index (Phi) is 23.9. The highest BCUT2D eigenvalue weighted by Gasteiger charge is 2.42. The Morgan fingerprint density at radius 2 is 1.14 bits per heavy atom. The van der Waals surface area contributed by atoms with E-state index in [0.717, 1.165) is 0 Å². The molecule has 0 radical (unpaired) electrons. The van der Waals surface area contributed by atoms with E-state index < -0.39 is 48.6 Å². The summed E-state index contributed by atoms with van der Waals surface area (Å²) in [5.41, 5.74) is 5.39. The van der Waals surface area contributed by atoms with Crippen LogP contribution in [0.2, 0.25) is 0 Å². The van der Waals surface area contributed by atoms with Crippen LogP contribution in [0.1, 0.15) is 33.1 Å².